The molecule has 20 heavy (non-hydrogen) atoms. The lowest BCUT2D eigenvalue weighted by atomic mass is 9.95. The van der Waals surface area contributed by atoms with Crippen LogP contribution in [0.5, 0.6) is 0 Å². The van der Waals surface area contributed by atoms with Crippen LogP contribution in [0.15, 0.2) is 0 Å². The number of carbonyl (C=O) groups is 1. The summed E-state index contributed by atoms with van der Waals surface area (Å²) in [7, 11) is 0. The standard InChI is InChI=1S/C13H22N4O2S/c1-2-6-14-13-16-15-11(20-13)12(19)17-7-3-4-10(9-17)5-8-18/h10,18H,2-9H2,1H3,(H,14,16). The normalized spacial score (nSPS) is 19.1. The predicted octanol–water partition coefficient (Wildman–Crippen LogP) is 1.59. The Labute approximate surface area is 123 Å². The smallest absolute Gasteiger partial charge is 0.284 e. The molecule has 2 N–H and O–H groups in total. The van der Waals surface area contributed by atoms with E-state index in [-0.39, 0.29) is 12.5 Å². The molecule has 1 aliphatic rings. The number of hydrogen-bond acceptors (Lipinski definition) is 6. The Bertz CT molecular complexity index is 436. The summed E-state index contributed by atoms with van der Waals surface area (Å²) in [6.45, 7) is 4.60. The van der Waals surface area contributed by atoms with Crippen molar-refractivity contribution < 1.29 is 9.90 Å². The summed E-state index contributed by atoms with van der Waals surface area (Å²) >= 11 is 1.32. The first-order valence-corrected chi connectivity index (χ1v) is 8.03. The van der Waals surface area contributed by atoms with Crippen molar-refractivity contribution in [2.75, 3.05) is 31.6 Å². The number of likely N-dealkylation sites (tertiary alicyclic amines) is 1. The maximum Gasteiger partial charge on any atom is 0.284 e. The monoisotopic (exact) mass is 298 g/mol. The van der Waals surface area contributed by atoms with Gasteiger partial charge in [-0.15, -0.1) is 10.2 Å². The number of anilines is 1. The highest BCUT2D eigenvalue weighted by molar-refractivity contribution is 7.17. The van der Waals surface area contributed by atoms with Gasteiger partial charge >= 0.3 is 0 Å². The van der Waals surface area contributed by atoms with E-state index in [1.54, 1.807) is 0 Å². The van der Waals surface area contributed by atoms with E-state index in [0.717, 1.165) is 45.3 Å². The summed E-state index contributed by atoms with van der Waals surface area (Å²) in [4.78, 5) is 14.2. The second kappa shape index (κ2) is 7.54. The Morgan fingerprint density at radius 2 is 2.40 bits per heavy atom. The highest BCUT2D eigenvalue weighted by Crippen LogP contribution is 2.23. The molecule has 0 aromatic carbocycles. The number of aliphatic hydroxyl groups excluding tert-OH is 1. The van der Waals surface area contributed by atoms with Crippen molar-refractivity contribution >= 4 is 22.4 Å². The highest BCUT2D eigenvalue weighted by Gasteiger charge is 2.26. The molecule has 2 rings (SSSR count). The van der Waals surface area contributed by atoms with Crippen LogP contribution in [-0.4, -0.2) is 52.4 Å². The van der Waals surface area contributed by atoms with Crippen molar-refractivity contribution in [3.63, 3.8) is 0 Å². The van der Waals surface area contributed by atoms with E-state index >= 15 is 0 Å². The lowest BCUT2D eigenvalue weighted by molar-refractivity contribution is 0.0652. The van der Waals surface area contributed by atoms with Crippen LogP contribution in [0.4, 0.5) is 5.13 Å². The number of aliphatic hydroxyl groups is 1. The van der Waals surface area contributed by atoms with Crippen molar-refractivity contribution in [2.45, 2.75) is 32.6 Å². The third-order valence-corrected chi connectivity index (χ3v) is 4.35. The zero-order chi connectivity index (χ0) is 14.4. The van der Waals surface area contributed by atoms with Crippen molar-refractivity contribution in [1.82, 2.24) is 15.1 Å². The maximum atomic E-state index is 12.4. The molecule has 0 spiro atoms. The Kier molecular flexibility index (Phi) is 5.72. The SMILES string of the molecule is CCCNc1nnc(C(=O)N2CCCC(CCO)C2)s1. The minimum Gasteiger partial charge on any atom is -0.396 e. The summed E-state index contributed by atoms with van der Waals surface area (Å²) in [5.74, 6) is 0.373. The number of nitrogens with one attached hydrogen (secondary N) is 1. The molecule has 1 saturated heterocycles. The lowest BCUT2D eigenvalue weighted by Crippen LogP contribution is -2.40. The number of rotatable bonds is 6. The minimum absolute atomic E-state index is 0.0327. The average Bonchev–Trinajstić information content (AvgIpc) is 2.94. The van der Waals surface area contributed by atoms with Gasteiger partial charge in [0.2, 0.25) is 10.1 Å². The van der Waals surface area contributed by atoms with Crippen LogP contribution in [-0.2, 0) is 0 Å². The Hall–Kier alpha value is -1.21. The number of amides is 1. The van der Waals surface area contributed by atoms with Crippen LogP contribution in [0.25, 0.3) is 0 Å². The Morgan fingerprint density at radius 3 is 3.15 bits per heavy atom. The second-order valence-electron chi connectivity index (χ2n) is 5.11. The van der Waals surface area contributed by atoms with Crippen LogP contribution in [0.1, 0.15) is 42.4 Å². The second-order valence-corrected chi connectivity index (χ2v) is 6.09. The fourth-order valence-electron chi connectivity index (χ4n) is 2.42. The van der Waals surface area contributed by atoms with Gasteiger partial charge < -0.3 is 15.3 Å². The van der Waals surface area contributed by atoms with Crippen molar-refractivity contribution in [3.05, 3.63) is 5.01 Å². The molecule has 1 aromatic heterocycles. The quantitative estimate of drug-likeness (QED) is 0.834. The molecular weight excluding hydrogens is 276 g/mol. The van der Waals surface area contributed by atoms with Gasteiger partial charge in [0.1, 0.15) is 0 Å². The topological polar surface area (TPSA) is 78.4 Å². The van der Waals surface area contributed by atoms with Crippen LogP contribution < -0.4 is 5.32 Å². The number of hydrogen-bond donors (Lipinski definition) is 2. The molecule has 1 fully saturated rings. The Balaban J connectivity index is 1.94. The molecule has 1 atom stereocenters. The van der Waals surface area contributed by atoms with E-state index in [2.05, 4.69) is 22.4 Å². The first-order chi connectivity index (χ1) is 9.74. The first-order valence-electron chi connectivity index (χ1n) is 7.22. The fourth-order valence-corrected chi connectivity index (χ4v) is 3.15. The molecular formula is C13H22N4O2S. The molecule has 6 nitrogen and oxygen atoms in total. The number of piperidine rings is 1. The van der Waals surface area contributed by atoms with Crippen LogP contribution in [0, 0.1) is 5.92 Å². The predicted molar refractivity (Wildman–Crippen MR) is 79.0 cm³/mol. The molecule has 0 bridgehead atoms. The molecule has 0 aliphatic carbocycles. The van der Waals surface area contributed by atoms with Gasteiger partial charge in [-0.25, -0.2) is 0 Å². The fraction of sp³-hybridized carbons (Fsp3) is 0.769. The van der Waals surface area contributed by atoms with Gasteiger partial charge in [-0.1, -0.05) is 18.3 Å². The van der Waals surface area contributed by atoms with E-state index in [1.807, 2.05) is 4.90 Å². The molecule has 1 aliphatic heterocycles. The van der Waals surface area contributed by atoms with Gasteiger partial charge in [0, 0.05) is 26.2 Å². The summed E-state index contributed by atoms with van der Waals surface area (Å²) in [6, 6.07) is 0. The summed E-state index contributed by atoms with van der Waals surface area (Å²) in [5, 5.41) is 21.3. The molecule has 1 aromatic rings. The summed E-state index contributed by atoms with van der Waals surface area (Å²) in [6.07, 6.45) is 3.86. The van der Waals surface area contributed by atoms with E-state index < -0.39 is 0 Å². The summed E-state index contributed by atoms with van der Waals surface area (Å²) < 4.78 is 0. The molecule has 112 valence electrons. The largest absolute Gasteiger partial charge is 0.396 e. The zero-order valence-electron chi connectivity index (χ0n) is 11.8. The molecule has 1 unspecified atom stereocenters. The number of aromatic nitrogens is 2. The van der Waals surface area contributed by atoms with Gasteiger partial charge in [0.25, 0.3) is 5.91 Å². The van der Waals surface area contributed by atoms with Crippen molar-refractivity contribution in [1.29, 1.82) is 0 Å². The van der Waals surface area contributed by atoms with E-state index in [9.17, 15) is 4.79 Å². The van der Waals surface area contributed by atoms with Crippen molar-refractivity contribution in [2.24, 2.45) is 5.92 Å². The molecule has 1 amide bonds. The van der Waals surface area contributed by atoms with Gasteiger partial charge in [-0.05, 0) is 31.6 Å². The average molecular weight is 298 g/mol. The molecule has 7 heteroatoms. The summed E-state index contributed by atoms with van der Waals surface area (Å²) in [5.41, 5.74) is 0. The molecule has 0 radical (unpaired) electrons. The van der Waals surface area contributed by atoms with Crippen molar-refractivity contribution in [3.8, 4) is 0 Å². The molecule has 2 heterocycles. The minimum atomic E-state index is -0.0327. The highest BCUT2D eigenvalue weighted by atomic mass is 32.1. The third kappa shape index (κ3) is 3.89. The third-order valence-electron chi connectivity index (χ3n) is 3.48. The maximum absolute atomic E-state index is 12.4. The number of nitrogens with zero attached hydrogens (tertiary/aromatic N) is 3. The molecule has 0 saturated carbocycles. The number of carbonyl (C=O) groups excluding carboxylic acids is 1. The van der Waals surface area contributed by atoms with Crippen LogP contribution in [0.3, 0.4) is 0 Å². The van der Waals surface area contributed by atoms with E-state index in [0.29, 0.717) is 16.1 Å². The van der Waals surface area contributed by atoms with Gasteiger partial charge in [0.15, 0.2) is 0 Å². The Morgan fingerprint density at radius 1 is 1.55 bits per heavy atom. The lowest BCUT2D eigenvalue weighted by Gasteiger charge is -2.31. The van der Waals surface area contributed by atoms with Crippen LogP contribution >= 0.6 is 11.3 Å². The van der Waals surface area contributed by atoms with Crippen LogP contribution in [0.2, 0.25) is 0 Å². The van der Waals surface area contributed by atoms with E-state index in [4.69, 9.17) is 5.11 Å². The first kappa shape index (κ1) is 15.2. The van der Waals surface area contributed by atoms with E-state index in [1.165, 1.54) is 11.3 Å². The zero-order valence-corrected chi connectivity index (χ0v) is 12.7. The van der Waals surface area contributed by atoms with Gasteiger partial charge in [-0.2, -0.15) is 0 Å². The van der Waals surface area contributed by atoms with Gasteiger partial charge in [0.05, 0.1) is 0 Å². The van der Waals surface area contributed by atoms with Gasteiger partial charge in [-0.3, -0.25) is 4.79 Å².